The third-order valence-electron chi connectivity index (χ3n) is 4.03. The molecule has 1 aliphatic rings. The van der Waals surface area contributed by atoms with Crippen molar-refractivity contribution in [1.29, 1.82) is 0 Å². The molecule has 8 heteroatoms. The van der Waals surface area contributed by atoms with E-state index in [9.17, 15) is 14.0 Å². The smallest absolute Gasteiger partial charge is 0.260 e. The maximum Gasteiger partial charge on any atom is 0.260 e. The fraction of sp³-hybridized carbons (Fsp3) is 0.211. The van der Waals surface area contributed by atoms with Gasteiger partial charge in [-0.1, -0.05) is 12.1 Å². The highest BCUT2D eigenvalue weighted by atomic mass is 32.1. The predicted molar refractivity (Wildman–Crippen MR) is 103 cm³/mol. The van der Waals surface area contributed by atoms with E-state index in [1.807, 2.05) is 0 Å². The number of carbonyl (C=O) groups excluding carboxylic acids is 2. The number of amides is 2. The van der Waals surface area contributed by atoms with Gasteiger partial charge in [0.15, 0.2) is 5.11 Å². The van der Waals surface area contributed by atoms with Crippen molar-refractivity contribution in [2.75, 3.05) is 31.6 Å². The monoisotopic (exact) mass is 387 g/mol. The normalized spacial score (nSPS) is 13.7. The summed E-state index contributed by atoms with van der Waals surface area (Å²) in [4.78, 5) is 26.2. The van der Waals surface area contributed by atoms with Crippen LogP contribution in [0.5, 0.6) is 0 Å². The first kappa shape index (κ1) is 18.9. The molecule has 2 aromatic rings. The molecule has 0 saturated carbocycles. The number of nitrogens with zero attached hydrogens (tertiary/aromatic N) is 1. The fourth-order valence-electron chi connectivity index (χ4n) is 2.62. The van der Waals surface area contributed by atoms with Gasteiger partial charge in [-0.25, -0.2) is 4.39 Å². The number of rotatable bonds is 3. The molecule has 0 atom stereocenters. The Bertz CT molecular complexity index is 852. The number of hydrogen-bond acceptors (Lipinski definition) is 4. The van der Waals surface area contributed by atoms with Crippen LogP contribution in [-0.2, 0) is 4.74 Å². The van der Waals surface area contributed by atoms with Crippen LogP contribution in [0.25, 0.3) is 0 Å². The van der Waals surface area contributed by atoms with Crippen molar-refractivity contribution in [3.05, 3.63) is 65.5 Å². The predicted octanol–water partition coefficient (Wildman–Crippen LogP) is 2.42. The van der Waals surface area contributed by atoms with Gasteiger partial charge in [-0.3, -0.25) is 14.9 Å². The highest BCUT2D eigenvalue weighted by Gasteiger charge is 2.18. The lowest BCUT2D eigenvalue weighted by atomic mass is 10.1. The second-order valence-electron chi connectivity index (χ2n) is 5.87. The van der Waals surface area contributed by atoms with E-state index in [1.54, 1.807) is 35.2 Å². The van der Waals surface area contributed by atoms with Crippen molar-refractivity contribution in [3.8, 4) is 0 Å². The molecule has 140 valence electrons. The van der Waals surface area contributed by atoms with Crippen molar-refractivity contribution in [2.45, 2.75) is 0 Å². The Labute approximate surface area is 161 Å². The first-order valence-corrected chi connectivity index (χ1v) is 8.79. The Morgan fingerprint density at radius 1 is 1.04 bits per heavy atom. The Hall–Kier alpha value is -2.84. The second-order valence-corrected chi connectivity index (χ2v) is 6.28. The zero-order valence-electron chi connectivity index (χ0n) is 14.4. The second kappa shape index (κ2) is 8.70. The number of nitrogens with one attached hydrogen (secondary N) is 2. The highest BCUT2D eigenvalue weighted by molar-refractivity contribution is 7.80. The van der Waals surface area contributed by atoms with Gasteiger partial charge in [-0.2, -0.15) is 0 Å². The van der Waals surface area contributed by atoms with Crippen LogP contribution in [0.1, 0.15) is 20.7 Å². The van der Waals surface area contributed by atoms with E-state index in [0.29, 0.717) is 37.6 Å². The van der Waals surface area contributed by atoms with E-state index in [0.717, 1.165) is 0 Å². The summed E-state index contributed by atoms with van der Waals surface area (Å²) in [5, 5.41) is 5.30. The molecule has 6 nitrogen and oxygen atoms in total. The number of thiocarbonyl (C=S) groups is 1. The summed E-state index contributed by atoms with van der Waals surface area (Å²) >= 11 is 5.09. The minimum absolute atomic E-state index is 0.0375. The average molecular weight is 387 g/mol. The van der Waals surface area contributed by atoms with E-state index in [-0.39, 0.29) is 16.6 Å². The van der Waals surface area contributed by atoms with E-state index in [2.05, 4.69) is 10.6 Å². The van der Waals surface area contributed by atoms with Gasteiger partial charge in [0.05, 0.1) is 18.8 Å². The largest absolute Gasteiger partial charge is 0.378 e. The minimum atomic E-state index is -0.635. The summed E-state index contributed by atoms with van der Waals surface area (Å²) in [6, 6.07) is 12.4. The van der Waals surface area contributed by atoms with Crippen LogP contribution in [-0.4, -0.2) is 48.1 Å². The average Bonchev–Trinajstić information content (AvgIpc) is 2.69. The maximum atomic E-state index is 13.6. The number of benzene rings is 2. The number of hydrogen-bond donors (Lipinski definition) is 2. The number of anilines is 1. The van der Waals surface area contributed by atoms with Crippen LogP contribution < -0.4 is 10.6 Å². The first-order valence-electron chi connectivity index (χ1n) is 8.38. The molecule has 0 unspecified atom stereocenters. The first-order chi connectivity index (χ1) is 13.0. The van der Waals surface area contributed by atoms with Crippen LogP contribution in [0.3, 0.4) is 0 Å². The van der Waals surface area contributed by atoms with Gasteiger partial charge in [-0.05, 0) is 48.6 Å². The van der Waals surface area contributed by atoms with Gasteiger partial charge >= 0.3 is 0 Å². The molecule has 3 rings (SSSR count). The summed E-state index contributed by atoms with van der Waals surface area (Å²) in [5.74, 6) is -1.31. The van der Waals surface area contributed by atoms with Crippen LogP contribution in [0, 0.1) is 5.82 Å². The summed E-state index contributed by atoms with van der Waals surface area (Å²) in [6.07, 6.45) is 0. The summed E-state index contributed by atoms with van der Waals surface area (Å²) < 4.78 is 18.9. The Morgan fingerprint density at radius 2 is 1.70 bits per heavy atom. The standard InChI is InChI=1S/C19H18FN3O3S/c20-16-4-2-1-3-15(16)17(24)22-19(27)21-14-7-5-13(6-8-14)18(25)23-9-11-26-12-10-23/h1-8H,9-12H2,(H2,21,22,24,27). The molecule has 0 spiro atoms. The SMILES string of the molecule is O=C(NC(=S)Nc1ccc(C(=O)N2CCOCC2)cc1)c1ccccc1F. The molecule has 1 heterocycles. The van der Waals surface area contributed by atoms with Gasteiger partial charge in [-0.15, -0.1) is 0 Å². The zero-order valence-corrected chi connectivity index (χ0v) is 15.2. The molecular formula is C19H18FN3O3S. The molecule has 27 heavy (non-hydrogen) atoms. The molecule has 1 saturated heterocycles. The van der Waals surface area contributed by atoms with Gasteiger partial charge in [0.1, 0.15) is 5.82 Å². The van der Waals surface area contributed by atoms with Gasteiger partial charge in [0, 0.05) is 24.3 Å². The van der Waals surface area contributed by atoms with E-state index < -0.39 is 11.7 Å². The van der Waals surface area contributed by atoms with Crippen molar-refractivity contribution < 1.29 is 18.7 Å². The van der Waals surface area contributed by atoms with E-state index >= 15 is 0 Å². The topological polar surface area (TPSA) is 70.7 Å². The summed E-state index contributed by atoms with van der Waals surface area (Å²) in [5.41, 5.74) is 1.07. The van der Waals surface area contributed by atoms with Crippen LogP contribution >= 0.6 is 12.2 Å². The molecule has 2 aromatic carbocycles. The van der Waals surface area contributed by atoms with Gasteiger partial charge < -0.3 is 15.0 Å². The van der Waals surface area contributed by atoms with Crippen molar-refractivity contribution in [3.63, 3.8) is 0 Å². The van der Waals surface area contributed by atoms with Gasteiger partial charge in [0.2, 0.25) is 0 Å². The minimum Gasteiger partial charge on any atom is -0.378 e. The van der Waals surface area contributed by atoms with Crippen molar-refractivity contribution in [2.24, 2.45) is 0 Å². The third kappa shape index (κ3) is 4.87. The van der Waals surface area contributed by atoms with Crippen LogP contribution in [0.4, 0.5) is 10.1 Å². The summed E-state index contributed by atoms with van der Waals surface area (Å²) in [7, 11) is 0. The molecule has 2 amide bonds. The Morgan fingerprint density at radius 3 is 2.37 bits per heavy atom. The highest BCUT2D eigenvalue weighted by Crippen LogP contribution is 2.13. The Kier molecular flexibility index (Phi) is 6.10. The van der Waals surface area contributed by atoms with Gasteiger partial charge in [0.25, 0.3) is 11.8 Å². The zero-order chi connectivity index (χ0) is 19.2. The number of carbonyl (C=O) groups is 2. The van der Waals surface area contributed by atoms with E-state index in [1.165, 1.54) is 18.2 Å². The molecule has 0 aliphatic carbocycles. The number of morpholine rings is 1. The number of halogens is 1. The van der Waals surface area contributed by atoms with Crippen LogP contribution in [0.15, 0.2) is 48.5 Å². The van der Waals surface area contributed by atoms with Crippen molar-refractivity contribution >= 4 is 34.8 Å². The van der Waals surface area contributed by atoms with Crippen LogP contribution in [0.2, 0.25) is 0 Å². The Balaban J connectivity index is 1.57. The maximum absolute atomic E-state index is 13.6. The molecule has 1 fully saturated rings. The molecule has 0 aromatic heterocycles. The molecule has 0 bridgehead atoms. The molecule has 1 aliphatic heterocycles. The summed E-state index contributed by atoms with van der Waals surface area (Å²) in [6.45, 7) is 2.23. The number of ether oxygens (including phenoxy) is 1. The molecular weight excluding hydrogens is 369 g/mol. The molecule has 0 radical (unpaired) electrons. The van der Waals surface area contributed by atoms with Crippen molar-refractivity contribution in [1.82, 2.24) is 10.2 Å². The molecule has 2 N–H and O–H groups in total. The quantitative estimate of drug-likeness (QED) is 0.792. The third-order valence-corrected chi connectivity index (χ3v) is 4.24. The lowest BCUT2D eigenvalue weighted by Gasteiger charge is -2.26. The lowest BCUT2D eigenvalue weighted by molar-refractivity contribution is 0.0303. The fourth-order valence-corrected chi connectivity index (χ4v) is 2.83. The lowest BCUT2D eigenvalue weighted by Crippen LogP contribution is -2.40. The van der Waals surface area contributed by atoms with E-state index in [4.69, 9.17) is 17.0 Å².